The summed E-state index contributed by atoms with van der Waals surface area (Å²) in [6.45, 7) is -3.62. The minimum Gasteiger partial charge on any atom is -0.445 e. The maximum absolute atomic E-state index is 11.9. The van der Waals surface area contributed by atoms with E-state index in [1.165, 1.54) is 25.4 Å². The summed E-state index contributed by atoms with van der Waals surface area (Å²) in [7, 11) is 0. The van der Waals surface area contributed by atoms with Crippen LogP contribution in [0.2, 0.25) is 0 Å². The molecule has 0 radical (unpaired) electrons. The third-order valence-corrected chi connectivity index (χ3v) is 1.67. The summed E-state index contributed by atoms with van der Waals surface area (Å²) >= 11 is 0. The Labute approximate surface area is 134 Å². The third kappa shape index (κ3) is 5.95. The van der Waals surface area contributed by atoms with Crippen molar-refractivity contribution in [3.05, 3.63) is 35.6 Å². The van der Waals surface area contributed by atoms with E-state index < -0.39 is 6.98 Å². The Morgan fingerprint density at radius 2 is 2.00 bits per heavy atom. The van der Waals surface area contributed by atoms with E-state index in [-0.39, 0.29) is 68.7 Å². The molecule has 0 amide bonds. The molecule has 2 nitrogen and oxygen atoms in total. The molecule has 0 aromatic carbocycles. The fourth-order valence-electron chi connectivity index (χ4n) is 0.962. The average Bonchev–Trinajstić information content (AvgIpc) is 2.14. The van der Waals surface area contributed by atoms with E-state index >= 15 is 0 Å². The molecule has 7 heteroatoms. The first kappa shape index (κ1) is 16.1. The number of nitrogens with zero attached hydrogens (tertiary/aromatic N) is 1. The number of pyridine rings is 1. The van der Waals surface area contributed by atoms with E-state index in [0.29, 0.717) is 5.56 Å². The predicted octanol–water partition coefficient (Wildman–Crippen LogP) is -0.312. The number of aromatic nitrogens is 1. The molecule has 0 fully saturated rings. The molecule has 1 aromatic rings. The Hall–Kier alpha value is 0.0513. The zero-order valence-corrected chi connectivity index (χ0v) is 12.1. The molecule has 1 rings (SSSR count). The number of ketones is 1. The maximum atomic E-state index is 11.9. The van der Waals surface area contributed by atoms with Gasteiger partial charge in [-0.1, -0.05) is 6.08 Å². The molecule has 0 aliphatic rings. The Bertz CT molecular complexity index is 406. The van der Waals surface area contributed by atoms with E-state index in [0.717, 1.165) is 6.08 Å². The van der Waals surface area contributed by atoms with Crippen LogP contribution in [0.3, 0.4) is 0 Å². The molecule has 0 atom stereocenters. The number of halogens is 3. The number of rotatable bonds is 3. The molecule has 0 aliphatic carbocycles. The summed E-state index contributed by atoms with van der Waals surface area (Å²) in [6.07, 6.45) is 3.49. The minimum absolute atomic E-state index is 0. The molecular formula is C9H8BF3KNO. The number of Topliss-reactive ketones (excluding diaryl/α,β-unsaturated/α-hetero) is 1. The molecule has 1 heterocycles. The van der Waals surface area contributed by atoms with E-state index in [1.54, 1.807) is 0 Å². The van der Waals surface area contributed by atoms with Crippen molar-refractivity contribution in [2.24, 2.45) is 0 Å². The summed E-state index contributed by atoms with van der Waals surface area (Å²) in [5, 5.41) is 0. The Kier molecular flexibility index (Phi) is 6.73. The monoisotopic (exact) mass is 253 g/mol. The third-order valence-electron chi connectivity index (χ3n) is 1.67. The van der Waals surface area contributed by atoms with Crippen molar-refractivity contribution >= 4 is 18.8 Å². The molecule has 0 unspecified atom stereocenters. The van der Waals surface area contributed by atoms with E-state index in [4.69, 9.17) is 0 Å². The van der Waals surface area contributed by atoms with Crippen molar-refractivity contribution in [1.82, 2.24) is 4.98 Å². The van der Waals surface area contributed by atoms with E-state index in [1.807, 2.05) is 0 Å². The second-order valence-corrected chi connectivity index (χ2v) is 3.05. The van der Waals surface area contributed by atoms with Gasteiger partial charge in [-0.15, -0.1) is 5.98 Å². The molecule has 80 valence electrons. The maximum Gasteiger partial charge on any atom is 1.00 e. The van der Waals surface area contributed by atoms with Crippen LogP contribution in [0, 0.1) is 0 Å². The van der Waals surface area contributed by atoms with Gasteiger partial charge in [-0.25, -0.2) is 0 Å². The Balaban J connectivity index is 0.00000225. The van der Waals surface area contributed by atoms with Gasteiger partial charge in [-0.2, -0.15) is 0 Å². The van der Waals surface area contributed by atoms with Crippen molar-refractivity contribution in [2.45, 2.75) is 6.92 Å². The molecular weight excluding hydrogens is 245 g/mol. The van der Waals surface area contributed by atoms with Crippen molar-refractivity contribution in [3.8, 4) is 0 Å². The quantitative estimate of drug-likeness (QED) is 0.546. The van der Waals surface area contributed by atoms with Gasteiger partial charge in [-0.05, 0) is 18.6 Å². The first-order chi connectivity index (χ1) is 6.88. The molecule has 0 aliphatic heterocycles. The van der Waals surface area contributed by atoms with Crippen molar-refractivity contribution in [1.29, 1.82) is 0 Å². The van der Waals surface area contributed by atoms with Crippen molar-refractivity contribution < 1.29 is 69.1 Å². The van der Waals surface area contributed by atoms with Crippen molar-refractivity contribution in [3.63, 3.8) is 0 Å². The van der Waals surface area contributed by atoms with Crippen LogP contribution in [0.1, 0.15) is 22.8 Å². The predicted molar refractivity (Wildman–Crippen MR) is 52.4 cm³/mol. The van der Waals surface area contributed by atoms with Gasteiger partial charge in [0.25, 0.3) is 0 Å². The van der Waals surface area contributed by atoms with Crippen LogP contribution in [-0.4, -0.2) is 17.7 Å². The zero-order valence-electron chi connectivity index (χ0n) is 8.95. The molecule has 0 spiro atoms. The van der Waals surface area contributed by atoms with Gasteiger partial charge >= 0.3 is 58.4 Å². The average molecular weight is 253 g/mol. The zero-order chi connectivity index (χ0) is 11.5. The fraction of sp³-hybridized carbons (Fsp3) is 0.111. The van der Waals surface area contributed by atoms with Crippen LogP contribution in [0.5, 0.6) is 0 Å². The minimum atomic E-state index is -4.95. The Morgan fingerprint density at radius 3 is 2.50 bits per heavy atom. The van der Waals surface area contributed by atoms with Gasteiger partial charge in [-0.3, -0.25) is 9.78 Å². The van der Waals surface area contributed by atoms with Gasteiger partial charge in [0, 0.05) is 18.0 Å². The fourth-order valence-corrected chi connectivity index (χ4v) is 0.962. The molecule has 0 N–H and O–H groups in total. The Morgan fingerprint density at radius 1 is 1.38 bits per heavy atom. The molecule has 0 saturated carbocycles. The van der Waals surface area contributed by atoms with Crippen LogP contribution in [0.15, 0.2) is 24.4 Å². The molecule has 0 bridgehead atoms. The first-order valence-electron chi connectivity index (χ1n) is 4.24. The van der Waals surface area contributed by atoms with Crippen LogP contribution in [-0.2, 0) is 0 Å². The normalized spacial score (nSPS) is 11.2. The smallest absolute Gasteiger partial charge is 0.445 e. The molecule has 16 heavy (non-hydrogen) atoms. The second-order valence-electron chi connectivity index (χ2n) is 3.05. The topological polar surface area (TPSA) is 30.0 Å². The number of hydrogen-bond acceptors (Lipinski definition) is 2. The summed E-state index contributed by atoms with van der Waals surface area (Å²) in [4.78, 5) is 14.6. The summed E-state index contributed by atoms with van der Waals surface area (Å²) < 4.78 is 35.7. The standard InChI is InChI=1S/C9H8BF3NO.K/c1-7(15)9-4-8(5-14-6-9)2-3-10(11,12)13;/h2-6H,1H3;/q-1;+1/b3-2+;. The van der Waals surface area contributed by atoms with Crippen LogP contribution < -0.4 is 51.4 Å². The largest absolute Gasteiger partial charge is 1.00 e. The summed E-state index contributed by atoms with van der Waals surface area (Å²) in [5.74, 6) is -0.0590. The molecule has 0 saturated heterocycles. The van der Waals surface area contributed by atoms with E-state index in [2.05, 4.69) is 4.98 Å². The van der Waals surface area contributed by atoms with Gasteiger partial charge in [0.2, 0.25) is 0 Å². The molecule has 1 aromatic heterocycles. The number of carbonyl (C=O) groups excluding carboxylic acids is 1. The van der Waals surface area contributed by atoms with E-state index in [9.17, 15) is 17.7 Å². The van der Waals surface area contributed by atoms with Crippen LogP contribution in [0.4, 0.5) is 12.9 Å². The SMILES string of the molecule is CC(=O)c1cncc(/C=C/[B-](F)(F)F)c1.[K+]. The van der Waals surface area contributed by atoms with Gasteiger partial charge in [0.05, 0.1) is 0 Å². The van der Waals surface area contributed by atoms with Crippen LogP contribution in [0.25, 0.3) is 6.08 Å². The van der Waals surface area contributed by atoms with Crippen LogP contribution >= 0.6 is 0 Å². The summed E-state index contributed by atoms with van der Waals surface area (Å²) in [5.41, 5.74) is 0.564. The number of carbonyl (C=O) groups is 1. The summed E-state index contributed by atoms with van der Waals surface area (Å²) in [6, 6.07) is 1.37. The van der Waals surface area contributed by atoms with Crippen molar-refractivity contribution in [2.75, 3.05) is 0 Å². The number of hydrogen-bond donors (Lipinski definition) is 0. The van der Waals surface area contributed by atoms with Gasteiger partial charge in [0.1, 0.15) is 0 Å². The second kappa shape index (κ2) is 6.71. The first-order valence-corrected chi connectivity index (χ1v) is 4.24. The van der Waals surface area contributed by atoms with Gasteiger partial charge < -0.3 is 12.9 Å². The van der Waals surface area contributed by atoms with Gasteiger partial charge in [0.15, 0.2) is 5.78 Å².